The number of benzene rings is 2. The monoisotopic (exact) mass is 327 g/mol. The Morgan fingerprint density at radius 3 is 2.42 bits per heavy atom. The van der Waals surface area contributed by atoms with Crippen LogP contribution in [0.4, 0.5) is 4.39 Å². The molecule has 4 nitrogen and oxygen atoms in total. The van der Waals surface area contributed by atoms with E-state index in [1.165, 1.54) is 22.6 Å². The Morgan fingerprint density at radius 2 is 1.75 bits per heavy atom. The zero-order valence-electron chi connectivity index (χ0n) is 13.8. The first kappa shape index (κ1) is 16.2. The van der Waals surface area contributed by atoms with E-state index in [1.54, 1.807) is 25.4 Å². The van der Waals surface area contributed by atoms with Gasteiger partial charge in [-0.3, -0.25) is 0 Å². The average Bonchev–Trinajstić information content (AvgIpc) is 3.04. The van der Waals surface area contributed by atoms with Crippen LogP contribution in [0.2, 0.25) is 0 Å². The van der Waals surface area contributed by atoms with Crippen LogP contribution < -0.4 is 9.64 Å². The molecule has 24 heavy (non-hydrogen) atoms. The van der Waals surface area contributed by atoms with Gasteiger partial charge in [0.1, 0.15) is 18.1 Å². The Labute approximate surface area is 140 Å². The normalized spacial score (nSPS) is 12.1. The van der Waals surface area contributed by atoms with Crippen molar-refractivity contribution >= 4 is 0 Å². The first-order chi connectivity index (χ1) is 11.6. The number of quaternary nitrogens is 1. The van der Waals surface area contributed by atoms with Gasteiger partial charge in [-0.25, -0.2) is 9.37 Å². The lowest BCUT2D eigenvalue weighted by atomic mass is 10.2. The van der Waals surface area contributed by atoms with Crippen LogP contribution >= 0.6 is 0 Å². The largest absolute Gasteiger partial charge is 0.497 e. The molecule has 1 N–H and O–H groups in total. The Balaban J connectivity index is 1.62. The van der Waals surface area contributed by atoms with E-state index in [4.69, 9.17) is 9.15 Å². The summed E-state index contributed by atoms with van der Waals surface area (Å²) in [6.45, 7) is 1.53. The molecule has 0 fully saturated rings. The van der Waals surface area contributed by atoms with Crippen molar-refractivity contribution in [1.82, 2.24) is 4.98 Å². The molecule has 0 aliphatic heterocycles. The van der Waals surface area contributed by atoms with E-state index in [9.17, 15) is 4.39 Å². The fraction of sp³-hybridized carbons (Fsp3) is 0.211. The molecular formula is C19H20FN2O2+. The highest BCUT2D eigenvalue weighted by Gasteiger charge is 2.12. The molecule has 0 saturated heterocycles. The fourth-order valence-electron chi connectivity index (χ4n) is 2.55. The van der Waals surface area contributed by atoms with Crippen molar-refractivity contribution in [3.63, 3.8) is 0 Å². The zero-order chi connectivity index (χ0) is 16.9. The summed E-state index contributed by atoms with van der Waals surface area (Å²) in [7, 11) is 3.75. The Morgan fingerprint density at radius 1 is 1.04 bits per heavy atom. The molecule has 0 saturated carbocycles. The first-order valence-corrected chi connectivity index (χ1v) is 7.79. The number of nitrogens with zero attached hydrogens (tertiary/aromatic N) is 1. The van der Waals surface area contributed by atoms with E-state index in [2.05, 4.69) is 24.2 Å². The number of halogens is 1. The second kappa shape index (κ2) is 7.27. The highest BCUT2D eigenvalue weighted by atomic mass is 19.1. The summed E-state index contributed by atoms with van der Waals surface area (Å²) in [6, 6.07) is 14.2. The van der Waals surface area contributed by atoms with Crippen LogP contribution in [0.3, 0.4) is 0 Å². The summed E-state index contributed by atoms with van der Waals surface area (Å²) < 4.78 is 23.9. The van der Waals surface area contributed by atoms with E-state index >= 15 is 0 Å². The molecule has 2 aromatic carbocycles. The van der Waals surface area contributed by atoms with Crippen LogP contribution in [0.1, 0.15) is 11.5 Å². The highest BCUT2D eigenvalue weighted by Crippen LogP contribution is 2.20. The van der Waals surface area contributed by atoms with Crippen LogP contribution in [0, 0.1) is 5.82 Å². The first-order valence-electron chi connectivity index (χ1n) is 7.79. The zero-order valence-corrected chi connectivity index (χ0v) is 13.8. The number of ether oxygens (including phenoxy) is 1. The molecule has 0 amide bonds. The van der Waals surface area contributed by atoms with Crippen LogP contribution in [0.5, 0.6) is 5.75 Å². The molecule has 1 atom stereocenters. The number of hydrogen-bond acceptors (Lipinski definition) is 3. The second-order valence-electron chi connectivity index (χ2n) is 5.78. The van der Waals surface area contributed by atoms with Gasteiger partial charge in [-0.05, 0) is 48.5 Å². The van der Waals surface area contributed by atoms with Crippen molar-refractivity contribution in [3.05, 3.63) is 72.0 Å². The maximum Gasteiger partial charge on any atom is 0.250 e. The SMILES string of the molecule is COc1ccc(C[NH+](C)Cc2ncc(-c3ccc(F)cc3)o2)cc1. The lowest BCUT2D eigenvalue weighted by Crippen LogP contribution is -3.06. The topological polar surface area (TPSA) is 39.7 Å². The molecule has 0 aliphatic carbocycles. The van der Waals surface area contributed by atoms with Crippen molar-refractivity contribution in [2.45, 2.75) is 13.1 Å². The van der Waals surface area contributed by atoms with Gasteiger partial charge in [0.25, 0.3) is 5.89 Å². The van der Waals surface area contributed by atoms with Crippen molar-refractivity contribution < 1.29 is 18.4 Å². The summed E-state index contributed by atoms with van der Waals surface area (Å²) >= 11 is 0. The fourth-order valence-corrected chi connectivity index (χ4v) is 2.55. The quantitative estimate of drug-likeness (QED) is 0.757. The minimum Gasteiger partial charge on any atom is -0.497 e. The third-order valence-corrected chi connectivity index (χ3v) is 3.80. The van der Waals surface area contributed by atoms with E-state index in [0.717, 1.165) is 17.9 Å². The lowest BCUT2D eigenvalue weighted by Gasteiger charge is -2.12. The maximum absolute atomic E-state index is 13.0. The predicted octanol–water partition coefficient (Wildman–Crippen LogP) is 2.70. The average molecular weight is 327 g/mol. The summed E-state index contributed by atoms with van der Waals surface area (Å²) in [5.41, 5.74) is 2.04. The number of hydrogen-bond donors (Lipinski definition) is 1. The lowest BCUT2D eigenvalue weighted by molar-refractivity contribution is -0.909. The van der Waals surface area contributed by atoms with Crippen LogP contribution in [0.15, 0.2) is 59.1 Å². The number of oxazole rings is 1. The van der Waals surface area contributed by atoms with E-state index in [1.807, 2.05) is 12.1 Å². The molecule has 1 aromatic heterocycles. The Bertz CT molecular complexity index is 782. The molecular weight excluding hydrogens is 307 g/mol. The molecule has 0 aliphatic rings. The number of aromatic nitrogens is 1. The molecule has 1 unspecified atom stereocenters. The van der Waals surface area contributed by atoms with Crippen LogP contribution in [-0.2, 0) is 13.1 Å². The van der Waals surface area contributed by atoms with Gasteiger partial charge >= 0.3 is 0 Å². The van der Waals surface area contributed by atoms with Crippen molar-refractivity contribution in [1.29, 1.82) is 0 Å². The summed E-state index contributed by atoms with van der Waals surface area (Å²) in [4.78, 5) is 5.58. The van der Waals surface area contributed by atoms with Gasteiger partial charge in [-0.2, -0.15) is 0 Å². The van der Waals surface area contributed by atoms with Gasteiger partial charge in [0.05, 0.1) is 20.4 Å². The minimum atomic E-state index is -0.262. The Kier molecular flexibility index (Phi) is 4.91. The molecule has 0 spiro atoms. The molecule has 0 radical (unpaired) electrons. The minimum absolute atomic E-state index is 0.262. The number of methoxy groups -OCH3 is 1. The van der Waals surface area contributed by atoms with Gasteiger partial charge in [0, 0.05) is 11.1 Å². The van der Waals surface area contributed by atoms with Gasteiger partial charge in [-0.1, -0.05) is 0 Å². The van der Waals surface area contributed by atoms with Crippen molar-refractivity contribution in [2.24, 2.45) is 0 Å². The number of rotatable bonds is 6. The van der Waals surface area contributed by atoms with Gasteiger partial charge < -0.3 is 14.1 Å². The standard InChI is InChI=1S/C19H19FN2O2/c1-22(12-14-3-9-17(23-2)10-4-14)13-19-21-11-18(24-19)15-5-7-16(20)8-6-15/h3-11H,12-13H2,1-2H3/p+1. The second-order valence-corrected chi connectivity index (χ2v) is 5.78. The van der Waals surface area contributed by atoms with Crippen molar-refractivity contribution in [3.8, 4) is 17.1 Å². The van der Waals surface area contributed by atoms with Gasteiger partial charge in [0.15, 0.2) is 12.3 Å². The van der Waals surface area contributed by atoms with Gasteiger partial charge in [-0.15, -0.1) is 0 Å². The van der Waals surface area contributed by atoms with Gasteiger partial charge in [0.2, 0.25) is 0 Å². The van der Waals surface area contributed by atoms with E-state index < -0.39 is 0 Å². The van der Waals surface area contributed by atoms with Crippen molar-refractivity contribution in [2.75, 3.05) is 14.2 Å². The molecule has 1 heterocycles. The summed E-state index contributed by atoms with van der Waals surface area (Å²) in [6.07, 6.45) is 1.68. The molecule has 3 aromatic rings. The molecule has 0 bridgehead atoms. The van der Waals surface area contributed by atoms with Crippen LogP contribution in [-0.4, -0.2) is 19.1 Å². The van der Waals surface area contributed by atoms with E-state index in [-0.39, 0.29) is 5.82 Å². The summed E-state index contributed by atoms with van der Waals surface area (Å²) in [5.74, 6) is 1.91. The Hall–Kier alpha value is -2.66. The smallest absolute Gasteiger partial charge is 0.250 e. The molecule has 3 rings (SSSR count). The number of nitrogens with one attached hydrogen (secondary N) is 1. The van der Waals surface area contributed by atoms with E-state index in [0.29, 0.717) is 18.2 Å². The molecule has 5 heteroatoms. The maximum atomic E-state index is 13.0. The third-order valence-electron chi connectivity index (χ3n) is 3.80. The molecule has 124 valence electrons. The predicted molar refractivity (Wildman–Crippen MR) is 89.2 cm³/mol. The summed E-state index contributed by atoms with van der Waals surface area (Å²) in [5, 5.41) is 0. The highest BCUT2D eigenvalue weighted by molar-refractivity contribution is 5.55. The van der Waals surface area contributed by atoms with Crippen LogP contribution in [0.25, 0.3) is 11.3 Å². The third kappa shape index (κ3) is 4.00.